The van der Waals surface area contributed by atoms with Gasteiger partial charge in [-0.25, -0.2) is 0 Å². The Morgan fingerprint density at radius 2 is 0.691 bits per heavy atom. The van der Waals surface area contributed by atoms with Crippen molar-refractivity contribution in [2.24, 2.45) is 5.92 Å². The number of alkyl halides is 12. The summed E-state index contributed by atoms with van der Waals surface area (Å²) in [5, 5.41) is -1.15. The Hall–Kier alpha value is -1.02. The molecule has 0 radical (unpaired) electrons. The summed E-state index contributed by atoms with van der Waals surface area (Å²) < 4.78 is 160. The van der Waals surface area contributed by atoms with Gasteiger partial charge in [0.1, 0.15) is 0 Å². The summed E-state index contributed by atoms with van der Waals surface area (Å²) in [6, 6.07) is 1.33. The van der Waals surface area contributed by atoms with Gasteiger partial charge >= 0.3 is 24.7 Å². The molecule has 0 aliphatic heterocycles. The Labute approximate surface area is 329 Å². The zero-order valence-electron chi connectivity index (χ0n) is 30.9. The summed E-state index contributed by atoms with van der Waals surface area (Å²) in [5.41, 5.74) is -3.95. The molecule has 0 nitrogen and oxygen atoms in total. The minimum absolute atomic E-state index is 0. The van der Waals surface area contributed by atoms with E-state index >= 15 is 0 Å². The van der Waals surface area contributed by atoms with Crippen molar-refractivity contribution < 1.29 is 69.8 Å². The summed E-state index contributed by atoms with van der Waals surface area (Å²) in [6.07, 6.45) is 2.51. The minimum atomic E-state index is -5.21. The van der Waals surface area contributed by atoms with Gasteiger partial charge in [0.2, 0.25) is 0 Å². The molecule has 6 rings (SSSR count). The third-order valence-electron chi connectivity index (χ3n) is 11.9. The van der Waals surface area contributed by atoms with Gasteiger partial charge in [0, 0.05) is 17.1 Å². The average molecular weight is 877 g/mol. The fourth-order valence-corrected chi connectivity index (χ4v) is 17.1. The van der Waals surface area contributed by atoms with E-state index in [4.69, 9.17) is 0 Å². The second-order valence-corrected chi connectivity index (χ2v) is 21.3. The zero-order valence-corrected chi connectivity index (χ0v) is 33.8. The van der Waals surface area contributed by atoms with E-state index in [0.717, 1.165) is 22.9 Å². The van der Waals surface area contributed by atoms with Gasteiger partial charge in [-0.2, -0.15) is 52.7 Å². The standard InChI is InChI=1S/C21H15F12P.C19H35P.Fe/c22-18(23,24)11-5-12(19(25,26)27)8-16(7-11)34(15-3-1-2-4-15)17-9-13(20(28,29)30)6-14(10-17)21(31,32)33;1-16(17-10-8-9-11-17)20(18-12-4-2-5-13-18)19-14-6-3-7-15-19;/h5-10,15H,1-4H2;16-19H,2-15H2,1H3;/t;16-;/m.1./s1. The zero-order chi connectivity index (χ0) is 39.5. The molecule has 0 N–H and O–H groups in total. The largest absolute Gasteiger partial charge is 0.416 e. The van der Waals surface area contributed by atoms with E-state index in [2.05, 4.69) is 6.92 Å². The monoisotopic (exact) mass is 876 g/mol. The maximum Gasteiger partial charge on any atom is 0.416 e. The van der Waals surface area contributed by atoms with Gasteiger partial charge in [0.05, 0.1) is 22.3 Å². The fourth-order valence-electron chi connectivity index (χ4n) is 9.29. The third-order valence-corrected chi connectivity index (χ3v) is 18.9. The van der Waals surface area contributed by atoms with Crippen LogP contribution in [0.2, 0.25) is 0 Å². The van der Waals surface area contributed by atoms with Gasteiger partial charge in [-0.3, -0.25) is 0 Å². The van der Waals surface area contributed by atoms with Crippen molar-refractivity contribution in [3.63, 3.8) is 0 Å². The quantitative estimate of drug-likeness (QED) is 0.148. The van der Waals surface area contributed by atoms with E-state index in [0.29, 0.717) is 45.0 Å². The summed E-state index contributed by atoms with van der Waals surface area (Å²) in [7, 11) is -2.07. The molecule has 2 aromatic rings. The minimum Gasteiger partial charge on any atom is -0.166 e. The van der Waals surface area contributed by atoms with Gasteiger partial charge in [0.25, 0.3) is 0 Å². The topological polar surface area (TPSA) is 0 Å². The van der Waals surface area contributed by atoms with E-state index in [-0.39, 0.29) is 42.0 Å². The average Bonchev–Trinajstić information content (AvgIpc) is 3.84. The molecule has 0 aromatic heterocycles. The molecule has 0 saturated heterocycles. The fraction of sp³-hybridized carbons (Fsp3) is 0.700. The molecule has 1 atom stereocenters. The van der Waals surface area contributed by atoms with Crippen LogP contribution in [0.25, 0.3) is 0 Å². The van der Waals surface area contributed by atoms with Crippen LogP contribution in [0, 0.1) is 5.92 Å². The molecule has 0 unspecified atom stereocenters. The number of rotatable bonds is 7. The van der Waals surface area contributed by atoms with Crippen LogP contribution in [0.5, 0.6) is 0 Å². The Balaban J connectivity index is 0.000000272. The van der Waals surface area contributed by atoms with Crippen LogP contribution >= 0.6 is 15.8 Å². The summed E-state index contributed by atoms with van der Waals surface area (Å²) in [5.74, 6) is 1.12. The second-order valence-electron chi connectivity index (χ2n) is 15.7. The molecule has 4 aliphatic rings. The smallest absolute Gasteiger partial charge is 0.166 e. The van der Waals surface area contributed by atoms with Crippen LogP contribution in [0.1, 0.15) is 145 Å². The number of halogens is 12. The molecular formula is C40H50F12FeP2. The molecule has 4 saturated carbocycles. The molecular weight excluding hydrogens is 826 g/mol. The van der Waals surface area contributed by atoms with Crippen LogP contribution in [0.15, 0.2) is 36.4 Å². The van der Waals surface area contributed by atoms with E-state index < -0.39 is 71.1 Å². The van der Waals surface area contributed by atoms with Crippen LogP contribution in [-0.4, -0.2) is 22.6 Å². The summed E-state index contributed by atoms with van der Waals surface area (Å²) in [4.78, 5) is 0. The molecule has 0 heterocycles. The van der Waals surface area contributed by atoms with Crippen LogP contribution in [0.3, 0.4) is 0 Å². The van der Waals surface area contributed by atoms with Gasteiger partial charge in [-0.1, -0.05) is 79.1 Å². The molecule has 0 bridgehead atoms. The van der Waals surface area contributed by atoms with E-state index in [1.807, 2.05) is 0 Å². The maximum absolute atomic E-state index is 13.4. The van der Waals surface area contributed by atoms with Crippen molar-refractivity contribution in [3.05, 3.63) is 58.7 Å². The Bertz CT molecular complexity index is 1340. The molecule has 15 heteroatoms. The van der Waals surface area contributed by atoms with E-state index in [1.165, 1.54) is 25.7 Å². The van der Waals surface area contributed by atoms with Crippen molar-refractivity contribution in [1.29, 1.82) is 0 Å². The number of hydrogen-bond acceptors (Lipinski definition) is 0. The van der Waals surface area contributed by atoms with Crippen LogP contribution < -0.4 is 10.6 Å². The molecule has 0 spiro atoms. The predicted octanol–water partition coefficient (Wildman–Crippen LogP) is 14.8. The van der Waals surface area contributed by atoms with Gasteiger partial charge in [-0.15, -0.1) is 0 Å². The maximum atomic E-state index is 13.4. The van der Waals surface area contributed by atoms with Crippen molar-refractivity contribution in [2.75, 3.05) is 0 Å². The normalized spacial score (nSPS) is 20.8. The molecule has 4 fully saturated rings. The predicted molar refractivity (Wildman–Crippen MR) is 193 cm³/mol. The Morgan fingerprint density at radius 3 is 1.00 bits per heavy atom. The van der Waals surface area contributed by atoms with Crippen LogP contribution in [-0.2, 0) is 41.8 Å². The number of benzene rings is 2. The SMILES string of the molecule is C[C@H](C1CCCC1)P(C1CCCCC1)C1CCCCC1.FC(F)(F)c1cc(P(c2cc(C(F)(F)F)cc(C(F)(F)F)c2)C2CCCC2)cc(C(F)(F)F)c1.[Fe]. The molecule has 0 amide bonds. The first-order valence-electron chi connectivity index (χ1n) is 19.4. The Morgan fingerprint density at radius 1 is 0.418 bits per heavy atom. The molecule has 55 heavy (non-hydrogen) atoms. The van der Waals surface area contributed by atoms with E-state index in [1.54, 1.807) is 64.2 Å². The third kappa shape index (κ3) is 12.5. The Kier molecular flexibility index (Phi) is 16.4. The van der Waals surface area contributed by atoms with E-state index in [9.17, 15) is 52.7 Å². The first-order valence-corrected chi connectivity index (χ1v) is 22.3. The van der Waals surface area contributed by atoms with Gasteiger partial charge in [0.15, 0.2) is 0 Å². The first kappa shape index (κ1) is 46.7. The van der Waals surface area contributed by atoms with Crippen molar-refractivity contribution >= 4 is 26.5 Å². The van der Waals surface area contributed by atoms with Gasteiger partial charge < -0.3 is 0 Å². The van der Waals surface area contributed by atoms with Gasteiger partial charge in [-0.05, 0) is 135 Å². The van der Waals surface area contributed by atoms with Crippen molar-refractivity contribution in [1.82, 2.24) is 0 Å². The molecule has 2 aromatic carbocycles. The second kappa shape index (κ2) is 19.4. The van der Waals surface area contributed by atoms with Crippen molar-refractivity contribution in [2.45, 2.75) is 170 Å². The molecule has 4 aliphatic carbocycles. The van der Waals surface area contributed by atoms with Crippen molar-refractivity contribution in [3.8, 4) is 0 Å². The number of hydrogen-bond donors (Lipinski definition) is 0. The summed E-state index contributed by atoms with van der Waals surface area (Å²) in [6.45, 7) is 2.69. The summed E-state index contributed by atoms with van der Waals surface area (Å²) >= 11 is 0. The molecule has 312 valence electrons. The van der Waals surface area contributed by atoms with Crippen LogP contribution in [0.4, 0.5) is 52.7 Å². The first-order chi connectivity index (χ1) is 25.2.